The number of non-ortho nitro benzene ring substituents is 1. The van der Waals surface area contributed by atoms with Gasteiger partial charge in [0, 0.05) is 24.7 Å². The van der Waals surface area contributed by atoms with E-state index in [1.165, 1.54) is 12.8 Å². The highest BCUT2D eigenvalue weighted by Crippen LogP contribution is 2.26. The molecule has 1 fully saturated rings. The first kappa shape index (κ1) is 15.9. The van der Waals surface area contributed by atoms with Gasteiger partial charge >= 0.3 is 0 Å². The van der Waals surface area contributed by atoms with E-state index in [0.29, 0.717) is 0 Å². The lowest BCUT2D eigenvalue weighted by Crippen LogP contribution is -2.37. The van der Waals surface area contributed by atoms with Gasteiger partial charge in [-0.15, -0.1) is 0 Å². The fourth-order valence-corrected chi connectivity index (χ4v) is 3.07. The molecule has 0 aromatic heterocycles. The maximum Gasteiger partial charge on any atom is 0.269 e. The fourth-order valence-electron chi connectivity index (χ4n) is 3.07. The Morgan fingerprint density at radius 1 is 1.43 bits per heavy atom. The lowest BCUT2D eigenvalue weighted by atomic mass is 9.96. The maximum atomic E-state index is 10.9. The molecule has 1 N–H and O–H groups in total. The molecule has 1 aliphatic rings. The Morgan fingerprint density at radius 2 is 2.14 bits per heavy atom. The molecule has 1 aromatic rings. The van der Waals surface area contributed by atoms with Gasteiger partial charge in [0.05, 0.1) is 4.92 Å². The minimum absolute atomic E-state index is 0.178. The summed E-state index contributed by atoms with van der Waals surface area (Å²) in [4.78, 5) is 13.0. The van der Waals surface area contributed by atoms with Crippen LogP contribution in [-0.4, -0.2) is 36.0 Å². The molecule has 0 amide bonds. The molecular weight excluding hydrogens is 266 g/mol. The summed E-state index contributed by atoms with van der Waals surface area (Å²) in [5, 5.41) is 14.3. The van der Waals surface area contributed by atoms with Crippen molar-refractivity contribution < 1.29 is 4.92 Å². The number of hydrogen-bond donors (Lipinski definition) is 1. The Hall–Kier alpha value is -1.46. The van der Waals surface area contributed by atoms with Crippen molar-refractivity contribution in [3.05, 3.63) is 39.9 Å². The van der Waals surface area contributed by atoms with E-state index in [4.69, 9.17) is 0 Å². The van der Waals surface area contributed by atoms with E-state index in [2.05, 4.69) is 24.1 Å². The molecule has 0 aliphatic carbocycles. The summed E-state index contributed by atoms with van der Waals surface area (Å²) in [6, 6.07) is 7.24. The first-order valence-corrected chi connectivity index (χ1v) is 7.81. The highest BCUT2D eigenvalue weighted by Gasteiger charge is 2.21. The molecule has 5 nitrogen and oxygen atoms in total. The van der Waals surface area contributed by atoms with Gasteiger partial charge in [-0.1, -0.05) is 19.1 Å². The monoisotopic (exact) mass is 291 g/mol. The van der Waals surface area contributed by atoms with Crippen LogP contribution >= 0.6 is 0 Å². The number of nitrogens with zero attached hydrogens (tertiary/aromatic N) is 2. The molecule has 1 aliphatic heterocycles. The van der Waals surface area contributed by atoms with E-state index >= 15 is 0 Å². The minimum atomic E-state index is -0.320. The Kier molecular flexibility index (Phi) is 5.70. The predicted molar refractivity (Wildman–Crippen MR) is 84.4 cm³/mol. The SMILES string of the molecule is CCN(CC1CCNCC1)C(C)c1cccc([N+](=O)[O-])c1. The van der Waals surface area contributed by atoms with E-state index in [0.717, 1.165) is 37.7 Å². The van der Waals surface area contributed by atoms with Crippen molar-refractivity contribution in [2.75, 3.05) is 26.2 Å². The summed E-state index contributed by atoms with van der Waals surface area (Å²) in [5.74, 6) is 0.729. The third-order valence-electron chi connectivity index (χ3n) is 4.47. The molecular formula is C16H25N3O2. The molecule has 0 radical (unpaired) electrons. The van der Waals surface area contributed by atoms with Gasteiger partial charge in [0.1, 0.15) is 0 Å². The van der Waals surface area contributed by atoms with Crippen molar-refractivity contribution in [3.63, 3.8) is 0 Å². The smallest absolute Gasteiger partial charge is 0.269 e. The maximum absolute atomic E-state index is 10.9. The zero-order chi connectivity index (χ0) is 15.2. The van der Waals surface area contributed by atoms with E-state index in [1.807, 2.05) is 6.07 Å². The Morgan fingerprint density at radius 3 is 2.76 bits per heavy atom. The number of nitro benzene ring substituents is 1. The molecule has 1 atom stereocenters. The van der Waals surface area contributed by atoms with Crippen molar-refractivity contribution >= 4 is 5.69 Å². The Balaban J connectivity index is 2.06. The van der Waals surface area contributed by atoms with Gasteiger partial charge in [0.15, 0.2) is 0 Å². The summed E-state index contributed by atoms with van der Waals surface area (Å²) in [6.07, 6.45) is 2.44. The molecule has 1 saturated heterocycles. The van der Waals surface area contributed by atoms with Crippen LogP contribution in [-0.2, 0) is 0 Å². The Labute approximate surface area is 126 Å². The average Bonchev–Trinajstić information content (AvgIpc) is 2.53. The molecule has 0 saturated carbocycles. The van der Waals surface area contributed by atoms with Crippen LogP contribution in [0.1, 0.15) is 38.3 Å². The quantitative estimate of drug-likeness (QED) is 0.646. The molecule has 0 bridgehead atoms. The average molecular weight is 291 g/mol. The molecule has 21 heavy (non-hydrogen) atoms. The van der Waals surface area contributed by atoms with Crippen LogP contribution in [0, 0.1) is 16.0 Å². The van der Waals surface area contributed by atoms with Gasteiger partial charge in [0.25, 0.3) is 5.69 Å². The van der Waals surface area contributed by atoms with E-state index in [1.54, 1.807) is 18.2 Å². The number of piperidine rings is 1. The lowest BCUT2D eigenvalue weighted by molar-refractivity contribution is -0.384. The van der Waals surface area contributed by atoms with Crippen LogP contribution in [0.4, 0.5) is 5.69 Å². The van der Waals surface area contributed by atoms with Crippen molar-refractivity contribution in [2.24, 2.45) is 5.92 Å². The fraction of sp³-hybridized carbons (Fsp3) is 0.625. The van der Waals surface area contributed by atoms with Crippen LogP contribution < -0.4 is 5.32 Å². The number of nitro groups is 1. The van der Waals surface area contributed by atoms with Crippen molar-refractivity contribution in [1.29, 1.82) is 0 Å². The van der Waals surface area contributed by atoms with E-state index in [-0.39, 0.29) is 16.7 Å². The van der Waals surface area contributed by atoms with Gasteiger partial charge in [-0.2, -0.15) is 0 Å². The number of hydrogen-bond acceptors (Lipinski definition) is 4. The van der Waals surface area contributed by atoms with Gasteiger partial charge in [-0.3, -0.25) is 15.0 Å². The molecule has 1 aromatic carbocycles. The van der Waals surface area contributed by atoms with Crippen LogP contribution in [0.5, 0.6) is 0 Å². The Bertz CT molecular complexity index is 472. The zero-order valence-electron chi connectivity index (χ0n) is 12.9. The highest BCUT2D eigenvalue weighted by molar-refractivity contribution is 5.35. The van der Waals surface area contributed by atoms with E-state index < -0.39 is 0 Å². The second-order valence-corrected chi connectivity index (χ2v) is 5.81. The second kappa shape index (κ2) is 7.52. The molecule has 2 rings (SSSR count). The van der Waals surface area contributed by atoms with E-state index in [9.17, 15) is 10.1 Å². The van der Waals surface area contributed by atoms with Crippen molar-refractivity contribution in [2.45, 2.75) is 32.7 Å². The summed E-state index contributed by atoms with van der Waals surface area (Å²) < 4.78 is 0. The second-order valence-electron chi connectivity index (χ2n) is 5.81. The highest BCUT2D eigenvalue weighted by atomic mass is 16.6. The predicted octanol–water partition coefficient (Wildman–Crippen LogP) is 2.98. The number of rotatable bonds is 6. The van der Waals surface area contributed by atoms with Crippen LogP contribution in [0.3, 0.4) is 0 Å². The minimum Gasteiger partial charge on any atom is -0.317 e. The molecule has 1 heterocycles. The normalized spacial score (nSPS) is 17.9. The van der Waals surface area contributed by atoms with Gasteiger partial charge < -0.3 is 5.32 Å². The zero-order valence-corrected chi connectivity index (χ0v) is 12.9. The molecule has 5 heteroatoms. The summed E-state index contributed by atoms with van der Waals surface area (Å²) in [7, 11) is 0. The first-order chi connectivity index (χ1) is 10.1. The largest absolute Gasteiger partial charge is 0.317 e. The van der Waals surface area contributed by atoms with Gasteiger partial charge in [0.2, 0.25) is 0 Å². The molecule has 1 unspecified atom stereocenters. The van der Waals surface area contributed by atoms with Crippen LogP contribution in [0.2, 0.25) is 0 Å². The van der Waals surface area contributed by atoms with Crippen molar-refractivity contribution in [1.82, 2.24) is 10.2 Å². The lowest BCUT2D eigenvalue weighted by Gasteiger charge is -2.33. The van der Waals surface area contributed by atoms with Crippen molar-refractivity contribution in [3.8, 4) is 0 Å². The summed E-state index contributed by atoms with van der Waals surface area (Å²) >= 11 is 0. The summed E-state index contributed by atoms with van der Waals surface area (Å²) in [6.45, 7) is 8.55. The van der Waals surface area contributed by atoms with Gasteiger partial charge in [-0.05, 0) is 50.9 Å². The standard InChI is InChI=1S/C16H25N3O2/c1-3-18(12-14-7-9-17-10-8-14)13(2)15-5-4-6-16(11-15)19(20)21/h4-6,11,13-14,17H,3,7-10,12H2,1-2H3. The molecule has 116 valence electrons. The number of nitrogens with one attached hydrogen (secondary N) is 1. The summed E-state index contributed by atoms with van der Waals surface area (Å²) in [5.41, 5.74) is 1.21. The van der Waals surface area contributed by atoms with Crippen LogP contribution in [0.25, 0.3) is 0 Å². The molecule has 0 spiro atoms. The third kappa shape index (κ3) is 4.25. The van der Waals surface area contributed by atoms with Crippen LogP contribution in [0.15, 0.2) is 24.3 Å². The number of benzene rings is 1. The topological polar surface area (TPSA) is 58.4 Å². The first-order valence-electron chi connectivity index (χ1n) is 7.81. The van der Waals surface area contributed by atoms with Gasteiger partial charge in [-0.25, -0.2) is 0 Å². The third-order valence-corrected chi connectivity index (χ3v) is 4.47.